The van der Waals surface area contributed by atoms with Gasteiger partial charge in [0.05, 0.1) is 6.61 Å². The molecule has 1 N–H and O–H groups in total. The van der Waals surface area contributed by atoms with E-state index in [1.165, 1.54) is 0 Å². The van der Waals surface area contributed by atoms with Crippen LogP contribution in [0.2, 0.25) is 5.02 Å². The van der Waals surface area contributed by atoms with Gasteiger partial charge in [0.1, 0.15) is 23.8 Å². The number of rotatable bonds is 4. The Bertz CT molecular complexity index is 510. The van der Waals surface area contributed by atoms with Crippen LogP contribution in [0.1, 0.15) is 17.0 Å². The lowest BCUT2D eigenvalue weighted by atomic mass is 10.2. The number of hydrogen-bond donors (Lipinski definition) is 1. The highest BCUT2D eigenvalue weighted by molar-refractivity contribution is 6.30. The molecule has 0 amide bonds. The first-order valence-corrected chi connectivity index (χ1v) is 5.51. The van der Waals surface area contributed by atoms with Gasteiger partial charge in [0.25, 0.3) is 0 Å². The number of halogens is 1. The van der Waals surface area contributed by atoms with Crippen LogP contribution in [0, 0.1) is 6.92 Å². The highest BCUT2D eigenvalue weighted by Crippen LogP contribution is 2.23. The maximum atomic E-state index is 9.17. The lowest BCUT2D eigenvalue weighted by Gasteiger charge is -2.08. The molecule has 1 heterocycles. The Balaban J connectivity index is 2.08. The summed E-state index contributed by atoms with van der Waals surface area (Å²) in [5.41, 5.74) is 1.36. The molecular weight excluding hydrogens is 242 g/mol. The van der Waals surface area contributed by atoms with Crippen molar-refractivity contribution in [1.82, 2.24) is 5.16 Å². The molecule has 0 saturated carbocycles. The molecule has 2 aromatic rings. The maximum absolute atomic E-state index is 9.17. The van der Waals surface area contributed by atoms with Gasteiger partial charge < -0.3 is 14.4 Å². The average molecular weight is 254 g/mol. The molecule has 0 saturated heterocycles. The second-order valence-electron chi connectivity index (χ2n) is 3.63. The fourth-order valence-corrected chi connectivity index (χ4v) is 1.64. The van der Waals surface area contributed by atoms with Crippen molar-refractivity contribution in [2.24, 2.45) is 0 Å². The smallest absolute Gasteiger partial charge is 0.134 e. The molecule has 5 heteroatoms. The Morgan fingerprint density at radius 1 is 1.41 bits per heavy atom. The molecule has 17 heavy (non-hydrogen) atoms. The quantitative estimate of drug-likeness (QED) is 0.910. The molecule has 0 spiro atoms. The standard InChI is InChI=1S/C12H12ClNO3/c1-8-4-11(14-17-8)7-16-12-3-2-10(13)5-9(12)6-15/h2-5,15H,6-7H2,1H3. The van der Waals surface area contributed by atoms with Crippen molar-refractivity contribution in [3.63, 3.8) is 0 Å². The number of ether oxygens (including phenoxy) is 1. The molecule has 0 bridgehead atoms. The predicted molar refractivity (Wildman–Crippen MR) is 62.9 cm³/mol. The van der Waals surface area contributed by atoms with Crippen molar-refractivity contribution >= 4 is 11.6 Å². The topological polar surface area (TPSA) is 55.5 Å². The van der Waals surface area contributed by atoms with Gasteiger partial charge in [0.2, 0.25) is 0 Å². The number of aliphatic hydroxyl groups is 1. The van der Waals surface area contributed by atoms with Crippen LogP contribution in [0.5, 0.6) is 5.75 Å². The van der Waals surface area contributed by atoms with E-state index in [1.54, 1.807) is 24.3 Å². The van der Waals surface area contributed by atoms with Crippen LogP contribution in [0.25, 0.3) is 0 Å². The summed E-state index contributed by atoms with van der Waals surface area (Å²) in [6, 6.07) is 6.91. The number of aryl methyl sites for hydroxylation is 1. The van der Waals surface area contributed by atoms with Crippen LogP contribution in [0.4, 0.5) is 0 Å². The average Bonchev–Trinajstić information content (AvgIpc) is 2.73. The minimum Gasteiger partial charge on any atom is -0.487 e. The minimum absolute atomic E-state index is 0.117. The van der Waals surface area contributed by atoms with Gasteiger partial charge in [0.15, 0.2) is 0 Å². The molecule has 90 valence electrons. The van der Waals surface area contributed by atoms with Crippen molar-refractivity contribution in [1.29, 1.82) is 0 Å². The maximum Gasteiger partial charge on any atom is 0.134 e. The van der Waals surface area contributed by atoms with Crippen LogP contribution >= 0.6 is 11.6 Å². The summed E-state index contributed by atoms with van der Waals surface area (Å²) in [5, 5.41) is 13.6. The van der Waals surface area contributed by atoms with Gasteiger partial charge in [-0.05, 0) is 25.1 Å². The minimum atomic E-state index is -0.117. The zero-order valence-corrected chi connectivity index (χ0v) is 10.1. The third kappa shape index (κ3) is 2.99. The van der Waals surface area contributed by atoms with E-state index in [9.17, 15) is 5.11 Å². The van der Waals surface area contributed by atoms with E-state index in [1.807, 2.05) is 6.92 Å². The third-order valence-corrected chi connectivity index (χ3v) is 2.48. The first kappa shape index (κ1) is 12.0. The van der Waals surface area contributed by atoms with Crippen molar-refractivity contribution in [2.45, 2.75) is 20.1 Å². The van der Waals surface area contributed by atoms with E-state index in [0.29, 0.717) is 28.6 Å². The van der Waals surface area contributed by atoms with Crippen LogP contribution < -0.4 is 4.74 Å². The predicted octanol–water partition coefficient (Wildman–Crippen LogP) is 2.71. The third-order valence-electron chi connectivity index (χ3n) is 2.25. The molecule has 4 nitrogen and oxygen atoms in total. The summed E-state index contributed by atoms with van der Waals surface area (Å²) in [6.07, 6.45) is 0. The second-order valence-corrected chi connectivity index (χ2v) is 4.06. The molecule has 1 aromatic carbocycles. The Labute approximate surface area is 104 Å². The van der Waals surface area contributed by atoms with Gasteiger partial charge in [-0.3, -0.25) is 0 Å². The summed E-state index contributed by atoms with van der Waals surface area (Å²) >= 11 is 5.82. The molecule has 0 radical (unpaired) electrons. The van der Waals surface area contributed by atoms with Crippen LogP contribution in [0.3, 0.4) is 0 Å². The van der Waals surface area contributed by atoms with E-state index in [0.717, 1.165) is 5.76 Å². The van der Waals surface area contributed by atoms with Crippen molar-refractivity contribution in [2.75, 3.05) is 0 Å². The first-order chi connectivity index (χ1) is 8.19. The van der Waals surface area contributed by atoms with Gasteiger partial charge >= 0.3 is 0 Å². The lowest BCUT2D eigenvalue weighted by Crippen LogP contribution is -1.98. The number of aliphatic hydroxyl groups excluding tert-OH is 1. The summed E-state index contributed by atoms with van der Waals surface area (Å²) in [4.78, 5) is 0. The van der Waals surface area contributed by atoms with Crippen molar-refractivity contribution in [3.05, 3.63) is 46.3 Å². The summed E-state index contributed by atoms with van der Waals surface area (Å²) in [5.74, 6) is 1.33. The monoisotopic (exact) mass is 253 g/mol. The van der Waals surface area contributed by atoms with Crippen LogP contribution in [-0.2, 0) is 13.2 Å². The molecule has 2 rings (SSSR count). The van der Waals surface area contributed by atoms with Gasteiger partial charge in [-0.2, -0.15) is 0 Å². The van der Waals surface area contributed by atoms with Crippen molar-refractivity contribution < 1.29 is 14.4 Å². The highest BCUT2D eigenvalue weighted by atomic mass is 35.5. The van der Waals surface area contributed by atoms with Gasteiger partial charge in [-0.25, -0.2) is 0 Å². The van der Waals surface area contributed by atoms with E-state index in [2.05, 4.69) is 5.16 Å². The lowest BCUT2D eigenvalue weighted by molar-refractivity contribution is 0.254. The van der Waals surface area contributed by atoms with E-state index in [-0.39, 0.29) is 6.61 Å². The number of aromatic nitrogens is 1. The largest absolute Gasteiger partial charge is 0.487 e. The van der Waals surface area contributed by atoms with Crippen LogP contribution in [0.15, 0.2) is 28.8 Å². The molecular formula is C12H12ClNO3. The summed E-state index contributed by atoms with van der Waals surface area (Å²) in [7, 11) is 0. The molecule has 0 aliphatic rings. The van der Waals surface area contributed by atoms with E-state index in [4.69, 9.17) is 20.9 Å². The normalized spacial score (nSPS) is 10.5. The van der Waals surface area contributed by atoms with Crippen molar-refractivity contribution in [3.8, 4) is 5.75 Å². The molecule has 0 aliphatic carbocycles. The van der Waals surface area contributed by atoms with Gasteiger partial charge in [0, 0.05) is 16.7 Å². The zero-order chi connectivity index (χ0) is 12.3. The van der Waals surface area contributed by atoms with E-state index >= 15 is 0 Å². The Morgan fingerprint density at radius 3 is 2.88 bits per heavy atom. The Hall–Kier alpha value is -1.52. The van der Waals surface area contributed by atoms with Gasteiger partial charge in [-0.1, -0.05) is 16.8 Å². The first-order valence-electron chi connectivity index (χ1n) is 5.13. The van der Waals surface area contributed by atoms with E-state index < -0.39 is 0 Å². The summed E-state index contributed by atoms with van der Waals surface area (Å²) < 4.78 is 10.5. The molecule has 1 aromatic heterocycles. The number of benzene rings is 1. The Morgan fingerprint density at radius 2 is 2.24 bits per heavy atom. The Kier molecular flexibility index (Phi) is 3.66. The fourth-order valence-electron chi connectivity index (χ4n) is 1.45. The highest BCUT2D eigenvalue weighted by Gasteiger charge is 2.06. The SMILES string of the molecule is Cc1cc(COc2ccc(Cl)cc2CO)no1. The fraction of sp³-hybridized carbons (Fsp3) is 0.250. The van der Waals surface area contributed by atoms with Gasteiger partial charge in [-0.15, -0.1) is 0 Å². The second kappa shape index (κ2) is 5.21. The molecule has 0 atom stereocenters. The molecule has 0 fully saturated rings. The molecule has 0 unspecified atom stereocenters. The van der Waals surface area contributed by atoms with Crippen LogP contribution in [-0.4, -0.2) is 10.3 Å². The molecule has 0 aliphatic heterocycles. The number of hydrogen-bond acceptors (Lipinski definition) is 4. The summed E-state index contributed by atoms with van der Waals surface area (Å²) in [6.45, 7) is 2.00. The zero-order valence-electron chi connectivity index (χ0n) is 9.31. The number of nitrogens with zero attached hydrogens (tertiary/aromatic N) is 1.